The minimum Gasteiger partial charge on any atom is -0.497 e. The van der Waals surface area contributed by atoms with Crippen LogP contribution in [0.5, 0.6) is 5.75 Å². The third-order valence-corrected chi connectivity index (χ3v) is 5.24. The Balaban J connectivity index is 1.74. The van der Waals surface area contributed by atoms with Gasteiger partial charge in [0.05, 0.1) is 7.11 Å². The molecular weight excluding hydrogens is 358 g/mol. The predicted octanol–water partition coefficient (Wildman–Crippen LogP) is 6.00. The molecule has 0 unspecified atom stereocenters. The van der Waals surface area contributed by atoms with Gasteiger partial charge in [0.2, 0.25) is 0 Å². The SMILES string of the molecule is C\C=C(C)/C=C\C(=C\Cl)c1ccc(N2CCc3ccc(OC)cc3CC2)o1. The van der Waals surface area contributed by atoms with Crippen molar-refractivity contribution in [2.45, 2.75) is 26.7 Å². The van der Waals surface area contributed by atoms with Crippen LogP contribution in [0, 0.1) is 0 Å². The average molecular weight is 384 g/mol. The second kappa shape index (κ2) is 9.01. The molecule has 1 aromatic heterocycles. The van der Waals surface area contributed by atoms with Gasteiger partial charge in [-0.3, -0.25) is 0 Å². The molecule has 0 atom stereocenters. The zero-order valence-electron chi connectivity index (χ0n) is 16.2. The van der Waals surface area contributed by atoms with Gasteiger partial charge in [-0.1, -0.05) is 41.5 Å². The molecule has 0 radical (unpaired) electrons. The maximum absolute atomic E-state index is 6.12. The third kappa shape index (κ3) is 4.67. The Morgan fingerprint density at radius 2 is 1.89 bits per heavy atom. The molecule has 27 heavy (non-hydrogen) atoms. The number of hydrogen-bond acceptors (Lipinski definition) is 3. The summed E-state index contributed by atoms with van der Waals surface area (Å²) in [5, 5.41) is 0. The quantitative estimate of drug-likeness (QED) is 0.592. The standard InChI is InChI=1S/C23H26ClNO2/c1-4-17(2)5-6-20(16-24)22-9-10-23(27-22)25-13-11-18-7-8-21(26-3)15-19(18)12-14-25/h4-10,15-16H,11-14H2,1-3H3/b6-5-,17-4-,20-16-. The van der Waals surface area contributed by atoms with Crippen molar-refractivity contribution in [1.29, 1.82) is 0 Å². The lowest BCUT2D eigenvalue weighted by Gasteiger charge is -2.19. The van der Waals surface area contributed by atoms with E-state index in [1.165, 1.54) is 16.7 Å². The topological polar surface area (TPSA) is 25.6 Å². The van der Waals surface area contributed by atoms with Gasteiger partial charge in [-0.05, 0) is 56.0 Å². The van der Waals surface area contributed by atoms with Gasteiger partial charge in [-0.2, -0.15) is 0 Å². The summed E-state index contributed by atoms with van der Waals surface area (Å²) in [7, 11) is 1.71. The molecule has 0 bridgehead atoms. The Labute approximate surface area is 166 Å². The molecular formula is C23H26ClNO2. The van der Waals surface area contributed by atoms with E-state index in [1.807, 2.05) is 37.3 Å². The van der Waals surface area contributed by atoms with Crippen molar-refractivity contribution in [2.24, 2.45) is 0 Å². The van der Waals surface area contributed by atoms with E-state index in [9.17, 15) is 0 Å². The Morgan fingerprint density at radius 3 is 2.59 bits per heavy atom. The number of fused-ring (bicyclic) bond motifs is 1. The van der Waals surface area contributed by atoms with Crippen LogP contribution in [-0.4, -0.2) is 20.2 Å². The van der Waals surface area contributed by atoms with E-state index < -0.39 is 0 Å². The van der Waals surface area contributed by atoms with Crippen LogP contribution < -0.4 is 9.64 Å². The first-order chi connectivity index (χ1) is 13.1. The molecule has 1 aromatic carbocycles. The molecule has 3 nitrogen and oxygen atoms in total. The molecule has 0 saturated carbocycles. The van der Waals surface area contributed by atoms with Crippen molar-refractivity contribution >= 4 is 23.1 Å². The normalized spacial score (nSPS) is 15.8. The second-order valence-electron chi connectivity index (χ2n) is 6.69. The van der Waals surface area contributed by atoms with Gasteiger partial charge in [0.25, 0.3) is 0 Å². The number of benzene rings is 1. The van der Waals surface area contributed by atoms with Crippen molar-refractivity contribution in [3.8, 4) is 5.75 Å². The first-order valence-electron chi connectivity index (χ1n) is 9.27. The van der Waals surface area contributed by atoms with Crippen LogP contribution in [0.1, 0.15) is 30.7 Å². The highest BCUT2D eigenvalue weighted by molar-refractivity contribution is 6.28. The van der Waals surface area contributed by atoms with Gasteiger partial charge < -0.3 is 14.1 Å². The van der Waals surface area contributed by atoms with Crippen LogP contribution in [0.15, 0.2) is 64.1 Å². The van der Waals surface area contributed by atoms with E-state index in [4.69, 9.17) is 20.8 Å². The number of rotatable bonds is 5. The largest absolute Gasteiger partial charge is 0.497 e. The lowest BCUT2D eigenvalue weighted by molar-refractivity contribution is 0.414. The van der Waals surface area contributed by atoms with Crippen molar-refractivity contribution in [2.75, 3.05) is 25.1 Å². The molecule has 2 heterocycles. The summed E-state index contributed by atoms with van der Waals surface area (Å²) in [4.78, 5) is 2.29. The summed E-state index contributed by atoms with van der Waals surface area (Å²) < 4.78 is 11.5. The van der Waals surface area contributed by atoms with E-state index in [0.717, 1.165) is 48.9 Å². The van der Waals surface area contributed by atoms with E-state index in [2.05, 4.69) is 30.0 Å². The van der Waals surface area contributed by atoms with Gasteiger partial charge in [-0.25, -0.2) is 0 Å². The maximum atomic E-state index is 6.12. The molecule has 0 N–H and O–H groups in total. The number of furan rings is 1. The van der Waals surface area contributed by atoms with Gasteiger partial charge in [-0.15, -0.1) is 0 Å². The number of ether oxygens (including phenoxy) is 1. The Kier molecular flexibility index (Phi) is 6.46. The molecule has 4 heteroatoms. The highest BCUT2D eigenvalue weighted by Crippen LogP contribution is 2.28. The van der Waals surface area contributed by atoms with Crippen LogP contribution >= 0.6 is 11.6 Å². The first kappa shape index (κ1) is 19.4. The third-order valence-electron chi connectivity index (χ3n) is 5.00. The summed E-state index contributed by atoms with van der Waals surface area (Å²) in [5.74, 6) is 2.59. The average Bonchev–Trinajstić information content (AvgIpc) is 3.08. The van der Waals surface area contributed by atoms with E-state index in [-0.39, 0.29) is 0 Å². The van der Waals surface area contributed by atoms with Gasteiger partial charge in [0.1, 0.15) is 11.5 Å². The molecule has 0 amide bonds. The number of methoxy groups -OCH3 is 1. The summed E-state index contributed by atoms with van der Waals surface area (Å²) in [5.41, 5.74) is 6.35. The molecule has 0 spiro atoms. The highest BCUT2D eigenvalue weighted by Gasteiger charge is 2.18. The summed E-state index contributed by atoms with van der Waals surface area (Å²) >= 11 is 6.02. The van der Waals surface area contributed by atoms with Crippen LogP contribution in [0.2, 0.25) is 0 Å². The number of hydrogen-bond donors (Lipinski definition) is 0. The smallest absolute Gasteiger partial charge is 0.196 e. The fourth-order valence-corrected chi connectivity index (χ4v) is 3.37. The minimum absolute atomic E-state index is 0.781. The van der Waals surface area contributed by atoms with E-state index >= 15 is 0 Å². The lowest BCUT2D eigenvalue weighted by atomic mass is 10.0. The van der Waals surface area contributed by atoms with Crippen LogP contribution in [0.4, 0.5) is 5.88 Å². The maximum Gasteiger partial charge on any atom is 0.196 e. The van der Waals surface area contributed by atoms with Crippen LogP contribution in [0.25, 0.3) is 5.57 Å². The van der Waals surface area contributed by atoms with Crippen LogP contribution in [0.3, 0.4) is 0 Å². The van der Waals surface area contributed by atoms with Crippen molar-refractivity contribution in [3.63, 3.8) is 0 Å². The van der Waals surface area contributed by atoms with Gasteiger partial charge >= 0.3 is 0 Å². The van der Waals surface area contributed by atoms with Gasteiger partial charge in [0.15, 0.2) is 5.88 Å². The van der Waals surface area contributed by atoms with Crippen molar-refractivity contribution in [3.05, 3.63) is 76.6 Å². The second-order valence-corrected chi connectivity index (χ2v) is 6.91. The zero-order valence-corrected chi connectivity index (χ0v) is 16.9. The van der Waals surface area contributed by atoms with Crippen molar-refractivity contribution in [1.82, 2.24) is 0 Å². The fraction of sp³-hybridized carbons (Fsp3) is 0.304. The molecule has 0 fully saturated rings. The minimum atomic E-state index is 0.781. The molecule has 1 aliphatic rings. The molecule has 142 valence electrons. The molecule has 2 aromatic rings. The summed E-state index contributed by atoms with van der Waals surface area (Å²) in [6.45, 7) is 5.92. The zero-order chi connectivity index (χ0) is 19.2. The Hall–Kier alpha value is -2.39. The Morgan fingerprint density at radius 1 is 1.11 bits per heavy atom. The highest BCUT2D eigenvalue weighted by atomic mass is 35.5. The van der Waals surface area contributed by atoms with E-state index in [1.54, 1.807) is 12.6 Å². The molecule has 0 saturated heterocycles. The predicted molar refractivity (Wildman–Crippen MR) is 114 cm³/mol. The lowest BCUT2D eigenvalue weighted by Crippen LogP contribution is -2.25. The monoisotopic (exact) mass is 383 g/mol. The Bertz CT molecular complexity index is 876. The fourth-order valence-electron chi connectivity index (χ4n) is 3.19. The van der Waals surface area contributed by atoms with Crippen LogP contribution in [-0.2, 0) is 12.8 Å². The van der Waals surface area contributed by atoms with Crippen molar-refractivity contribution < 1.29 is 9.15 Å². The number of allylic oxidation sites excluding steroid dienone is 5. The number of nitrogens with zero attached hydrogens (tertiary/aromatic N) is 1. The summed E-state index contributed by atoms with van der Waals surface area (Å²) in [6.07, 6.45) is 8.04. The molecule has 1 aliphatic heterocycles. The number of anilines is 1. The summed E-state index contributed by atoms with van der Waals surface area (Å²) in [6, 6.07) is 10.4. The van der Waals surface area contributed by atoms with E-state index in [0.29, 0.717) is 0 Å². The molecule has 3 rings (SSSR count). The first-order valence-corrected chi connectivity index (χ1v) is 9.70. The van der Waals surface area contributed by atoms with Gasteiger partial charge in [0, 0.05) is 30.3 Å². The number of halogens is 1. The molecule has 0 aliphatic carbocycles.